The van der Waals surface area contributed by atoms with Gasteiger partial charge in [-0.2, -0.15) is 0 Å². The molecule has 2 aromatic heterocycles. The van der Waals surface area contributed by atoms with Crippen molar-refractivity contribution in [3.05, 3.63) is 106 Å². The Morgan fingerprint density at radius 1 is 1.03 bits per heavy atom. The summed E-state index contributed by atoms with van der Waals surface area (Å²) in [7, 11) is 0. The van der Waals surface area contributed by atoms with Gasteiger partial charge in [0.15, 0.2) is 0 Å². The molecule has 144 valence electrons. The van der Waals surface area contributed by atoms with Gasteiger partial charge < -0.3 is 10.1 Å². The monoisotopic (exact) mass is 405 g/mol. The summed E-state index contributed by atoms with van der Waals surface area (Å²) < 4.78 is 7.21. The van der Waals surface area contributed by atoms with Gasteiger partial charge in [-0.25, -0.2) is 4.98 Å². The van der Waals surface area contributed by atoms with Gasteiger partial charge in [-0.05, 0) is 36.4 Å². The highest BCUT2D eigenvalue weighted by Gasteiger charge is 2.10. The van der Waals surface area contributed by atoms with Crippen molar-refractivity contribution in [1.82, 2.24) is 9.38 Å². The van der Waals surface area contributed by atoms with Crippen LogP contribution in [0.15, 0.2) is 83.8 Å². The van der Waals surface area contributed by atoms with Crippen LogP contribution in [-0.4, -0.2) is 15.3 Å². The van der Waals surface area contributed by atoms with Crippen molar-refractivity contribution < 1.29 is 9.53 Å². The fourth-order valence-corrected chi connectivity index (χ4v) is 2.99. The van der Waals surface area contributed by atoms with Gasteiger partial charge in [0, 0.05) is 17.8 Å². The lowest BCUT2D eigenvalue weighted by atomic mass is 10.2. The zero-order valence-corrected chi connectivity index (χ0v) is 16.0. The average Bonchev–Trinajstić information content (AvgIpc) is 2.74. The molecule has 0 saturated heterocycles. The second-order valence-electron chi connectivity index (χ2n) is 6.27. The second-order valence-corrected chi connectivity index (χ2v) is 6.70. The summed E-state index contributed by atoms with van der Waals surface area (Å²) in [5.41, 5.74) is 1.78. The fraction of sp³-hybridized carbons (Fsp3) is 0.0455. The van der Waals surface area contributed by atoms with Gasteiger partial charge in [-0.15, -0.1) is 0 Å². The highest BCUT2D eigenvalue weighted by Crippen LogP contribution is 2.25. The van der Waals surface area contributed by atoms with E-state index in [4.69, 9.17) is 16.3 Å². The molecule has 0 fully saturated rings. The van der Waals surface area contributed by atoms with Crippen LogP contribution in [0.1, 0.15) is 16.1 Å². The number of hydrogen-bond donors (Lipinski definition) is 1. The minimum atomic E-state index is -0.248. The van der Waals surface area contributed by atoms with Crippen LogP contribution in [0.5, 0.6) is 5.75 Å². The van der Waals surface area contributed by atoms with E-state index in [0.717, 1.165) is 0 Å². The smallest absolute Gasteiger partial charge is 0.258 e. The second kappa shape index (κ2) is 8.16. The van der Waals surface area contributed by atoms with Gasteiger partial charge in [-0.3, -0.25) is 14.0 Å². The van der Waals surface area contributed by atoms with E-state index in [1.807, 2.05) is 6.07 Å². The number of nitrogens with zero attached hydrogens (tertiary/aromatic N) is 2. The molecule has 0 saturated carbocycles. The van der Waals surface area contributed by atoms with Gasteiger partial charge in [-0.1, -0.05) is 41.9 Å². The lowest BCUT2D eigenvalue weighted by Crippen LogP contribution is -2.16. The molecule has 4 rings (SSSR count). The molecule has 4 aromatic rings. The number of amides is 1. The Hall–Kier alpha value is -3.64. The molecule has 7 heteroatoms. The summed E-state index contributed by atoms with van der Waals surface area (Å²) in [6.07, 6.45) is 1.52. The van der Waals surface area contributed by atoms with Crippen LogP contribution in [0.25, 0.3) is 5.65 Å². The molecule has 2 heterocycles. The van der Waals surface area contributed by atoms with E-state index >= 15 is 0 Å². The molecule has 0 spiro atoms. The van der Waals surface area contributed by atoms with Crippen molar-refractivity contribution in [2.24, 2.45) is 0 Å². The Kier molecular flexibility index (Phi) is 5.27. The predicted octanol–water partition coefficient (Wildman–Crippen LogP) is 4.18. The Labute approximate surface area is 171 Å². The third-order valence-electron chi connectivity index (χ3n) is 4.22. The van der Waals surface area contributed by atoms with E-state index in [1.165, 1.54) is 16.7 Å². The molecule has 29 heavy (non-hydrogen) atoms. The number of carbonyl (C=O) groups is 1. The summed E-state index contributed by atoms with van der Waals surface area (Å²) in [6.45, 7) is 0.0760. The molecule has 0 unspecified atom stereocenters. The largest absolute Gasteiger partial charge is 0.485 e. The molecule has 0 bridgehead atoms. The molecule has 1 amide bonds. The van der Waals surface area contributed by atoms with E-state index in [9.17, 15) is 9.59 Å². The van der Waals surface area contributed by atoms with Gasteiger partial charge >= 0.3 is 0 Å². The quantitative estimate of drug-likeness (QED) is 0.540. The van der Waals surface area contributed by atoms with Gasteiger partial charge in [0.25, 0.3) is 11.5 Å². The van der Waals surface area contributed by atoms with Crippen LogP contribution in [0.2, 0.25) is 5.02 Å². The number of fused-ring (bicyclic) bond motifs is 1. The number of carbonyl (C=O) groups excluding carboxylic acids is 1. The van der Waals surface area contributed by atoms with Crippen molar-refractivity contribution in [2.45, 2.75) is 6.61 Å². The molecule has 0 radical (unpaired) electrons. The number of pyridine rings is 1. The Morgan fingerprint density at radius 3 is 2.62 bits per heavy atom. The zero-order chi connectivity index (χ0) is 20.2. The Balaban J connectivity index is 1.53. The van der Waals surface area contributed by atoms with Gasteiger partial charge in [0.2, 0.25) is 0 Å². The number of nitrogens with one attached hydrogen (secondary N) is 1. The lowest BCUT2D eigenvalue weighted by Gasteiger charge is -2.12. The number of ether oxygens (including phenoxy) is 1. The first-order valence-corrected chi connectivity index (χ1v) is 9.24. The third kappa shape index (κ3) is 4.28. The molecule has 0 atom stereocenters. The van der Waals surface area contributed by atoms with Crippen molar-refractivity contribution in [1.29, 1.82) is 0 Å². The van der Waals surface area contributed by atoms with Crippen molar-refractivity contribution in [2.75, 3.05) is 5.32 Å². The number of para-hydroxylation sites is 2. The van der Waals surface area contributed by atoms with Crippen LogP contribution in [0.3, 0.4) is 0 Å². The first-order valence-electron chi connectivity index (χ1n) is 8.86. The number of hydrogen-bond acceptors (Lipinski definition) is 4. The molecular weight excluding hydrogens is 390 g/mol. The summed E-state index contributed by atoms with van der Waals surface area (Å²) in [5.74, 6) is 0.246. The third-order valence-corrected chi connectivity index (χ3v) is 4.45. The molecule has 2 aromatic carbocycles. The lowest BCUT2D eigenvalue weighted by molar-refractivity contribution is 0.102. The molecule has 0 aliphatic carbocycles. The molecule has 6 nitrogen and oxygen atoms in total. The number of anilines is 1. The molecular formula is C22H16ClN3O3. The maximum Gasteiger partial charge on any atom is 0.258 e. The number of benzene rings is 2. The Morgan fingerprint density at radius 2 is 1.79 bits per heavy atom. The topological polar surface area (TPSA) is 72.7 Å². The molecule has 0 aliphatic rings. The van der Waals surface area contributed by atoms with E-state index in [2.05, 4.69) is 10.3 Å². The maximum absolute atomic E-state index is 12.4. The van der Waals surface area contributed by atoms with Crippen LogP contribution < -0.4 is 15.6 Å². The van der Waals surface area contributed by atoms with E-state index in [1.54, 1.807) is 60.7 Å². The number of rotatable bonds is 5. The molecule has 1 N–H and O–H groups in total. The minimum Gasteiger partial charge on any atom is -0.485 e. The van der Waals surface area contributed by atoms with Crippen LogP contribution in [-0.2, 0) is 6.61 Å². The van der Waals surface area contributed by atoms with Crippen molar-refractivity contribution in [3.8, 4) is 5.75 Å². The van der Waals surface area contributed by atoms with Crippen LogP contribution in [0, 0.1) is 0 Å². The summed E-state index contributed by atoms with van der Waals surface area (Å²) in [5, 5.41) is 3.30. The van der Waals surface area contributed by atoms with Crippen LogP contribution in [0.4, 0.5) is 5.69 Å². The summed E-state index contributed by atoms with van der Waals surface area (Å²) >= 11 is 5.93. The number of aromatic nitrogens is 2. The Bertz CT molecular complexity index is 1240. The first kappa shape index (κ1) is 18.7. The zero-order valence-electron chi connectivity index (χ0n) is 15.2. The minimum absolute atomic E-state index is 0.0760. The normalized spacial score (nSPS) is 10.7. The van der Waals surface area contributed by atoms with Crippen LogP contribution >= 0.6 is 11.6 Å². The van der Waals surface area contributed by atoms with Gasteiger partial charge in [0.1, 0.15) is 18.0 Å². The SMILES string of the molecule is O=C(Nc1ccccc1OCc1cc(=O)n2cc(Cl)ccc2n1)c1ccccc1. The maximum atomic E-state index is 12.4. The highest BCUT2D eigenvalue weighted by molar-refractivity contribution is 6.30. The average molecular weight is 406 g/mol. The standard InChI is InChI=1S/C22H16ClN3O3/c23-16-10-11-20-24-17(12-21(27)26(20)13-16)14-29-19-9-5-4-8-18(19)25-22(28)15-6-2-1-3-7-15/h1-13H,14H2,(H,25,28). The first-order chi connectivity index (χ1) is 14.1. The highest BCUT2D eigenvalue weighted by atomic mass is 35.5. The van der Waals surface area contributed by atoms with Crippen molar-refractivity contribution >= 4 is 28.8 Å². The number of halogens is 1. The summed E-state index contributed by atoms with van der Waals surface area (Å²) in [6, 6.07) is 20.8. The van der Waals surface area contributed by atoms with E-state index < -0.39 is 0 Å². The van der Waals surface area contributed by atoms with Gasteiger partial charge in [0.05, 0.1) is 16.4 Å². The van der Waals surface area contributed by atoms with E-state index in [0.29, 0.717) is 33.4 Å². The fourth-order valence-electron chi connectivity index (χ4n) is 2.83. The van der Waals surface area contributed by atoms with E-state index in [-0.39, 0.29) is 18.1 Å². The summed E-state index contributed by atoms with van der Waals surface area (Å²) in [4.78, 5) is 29.1. The molecule has 0 aliphatic heterocycles. The predicted molar refractivity (Wildman–Crippen MR) is 112 cm³/mol. The van der Waals surface area contributed by atoms with Crippen molar-refractivity contribution in [3.63, 3.8) is 0 Å².